The summed E-state index contributed by atoms with van der Waals surface area (Å²) in [7, 11) is 0. The predicted octanol–water partition coefficient (Wildman–Crippen LogP) is 4.73. The minimum absolute atomic E-state index is 0.213. The Morgan fingerprint density at radius 2 is 1.83 bits per heavy atom. The van der Waals surface area contributed by atoms with Crippen LogP contribution in [0.3, 0.4) is 0 Å². The minimum Gasteiger partial charge on any atom is -0.448 e. The Hall–Kier alpha value is -1.64. The summed E-state index contributed by atoms with van der Waals surface area (Å²) >= 11 is 0. The molecule has 2 rings (SSSR count). The van der Waals surface area contributed by atoms with Gasteiger partial charge in [-0.25, -0.2) is 9.37 Å². The van der Waals surface area contributed by atoms with Gasteiger partial charge in [0.05, 0.1) is 0 Å². The molecule has 96 valence electrons. The van der Waals surface area contributed by atoms with Gasteiger partial charge in [-0.2, -0.15) is 0 Å². The highest BCUT2D eigenvalue weighted by molar-refractivity contribution is 5.63. The number of oxazole rings is 1. The van der Waals surface area contributed by atoms with Gasteiger partial charge in [-0.1, -0.05) is 27.7 Å². The molecular formula is C15H18FNO. The molecule has 0 aliphatic rings. The fourth-order valence-corrected chi connectivity index (χ4v) is 1.92. The van der Waals surface area contributed by atoms with E-state index >= 15 is 0 Å². The van der Waals surface area contributed by atoms with Crippen LogP contribution in [0, 0.1) is 5.82 Å². The maximum Gasteiger partial charge on any atom is 0.197 e. The van der Waals surface area contributed by atoms with Crippen LogP contribution in [-0.4, -0.2) is 4.98 Å². The van der Waals surface area contributed by atoms with Crippen LogP contribution in [0.15, 0.2) is 28.9 Å². The van der Waals surface area contributed by atoms with Gasteiger partial charge in [0.25, 0.3) is 0 Å². The minimum atomic E-state index is -0.213. The van der Waals surface area contributed by atoms with Crippen molar-refractivity contribution in [2.75, 3.05) is 0 Å². The van der Waals surface area contributed by atoms with Crippen molar-refractivity contribution in [3.63, 3.8) is 0 Å². The van der Waals surface area contributed by atoms with E-state index in [0.29, 0.717) is 5.89 Å². The van der Waals surface area contributed by atoms with Gasteiger partial charge in [0.1, 0.15) is 17.8 Å². The third-order valence-corrected chi connectivity index (χ3v) is 2.93. The van der Waals surface area contributed by atoms with Crippen LogP contribution in [0.2, 0.25) is 0 Å². The second kappa shape index (κ2) is 4.92. The quantitative estimate of drug-likeness (QED) is 0.783. The molecule has 1 heterocycles. The Bertz CT molecular complexity index is 543. The standard InChI is InChI=1S/C15H18FNO/c1-9(2)13-7-11(16)5-6-12(13)14-8-18-15(17-14)10(3)4/h5-10H,1-4H3. The van der Waals surface area contributed by atoms with E-state index in [-0.39, 0.29) is 17.7 Å². The monoisotopic (exact) mass is 247 g/mol. The molecule has 0 amide bonds. The van der Waals surface area contributed by atoms with Crippen molar-refractivity contribution in [2.24, 2.45) is 0 Å². The largest absolute Gasteiger partial charge is 0.448 e. The van der Waals surface area contributed by atoms with Gasteiger partial charge in [-0.15, -0.1) is 0 Å². The SMILES string of the molecule is CC(C)c1nc(-c2ccc(F)cc2C(C)C)co1. The van der Waals surface area contributed by atoms with Gasteiger partial charge in [0.2, 0.25) is 0 Å². The first-order valence-corrected chi connectivity index (χ1v) is 6.24. The highest BCUT2D eigenvalue weighted by Gasteiger charge is 2.14. The maximum atomic E-state index is 13.3. The molecule has 3 heteroatoms. The first-order valence-electron chi connectivity index (χ1n) is 6.24. The number of nitrogens with zero attached hydrogens (tertiary/aromatic N) is 1. The van der Waals surface area contributed by atoms with Crippen molar-refractivity contribution >= 4 is 0 Å². The van der Waals surface area contributed by atoms with E-state index in [4.69, 9.17) is 4.42 Å². The van der Waals surface area contributed by atoms with Gasteiger partial charge >= 0.3 is 0 Å². The summed E-state index contributed by atoms with van der Waals surface area (Å²) in [5.41, 5.74) is 2.68. The van der Waals surface area contributed by atoms with Gasteiger partial charge in [0, 0.05) is 11.5 Å². The van der Waals surface area contributed by atoms with E-state index in [1.807, 2.05) is 27.7 Å². The fraction of sp³-hybridized carbons (Fsp3) is 0.400. The molecule has 0 aliphatic carbocycles. The molecular weight excluding hydrogens is 229 g/mol. The second-order valence-corrected chi connectivity index (χ2v) is 5.11. The summed E-state index contributed by atoms with van der Waals surface area (Å²) in [5, 5.41) is 0. The molecule has 1 aromatic carbocycles. The predicted molar refractivity (Wildman–Crippen MR) is 70.1 cm³/mol. The van der Waals surface area contributed by atoms with Crippen LogP contribution in [0.4, 0.5) is 4.39 Å². The van der Waals surface area contributed by atoms with Crippen molar-refractivity contribution in [1.29, 1.82) is 0 Å². The van der Waals surface area contributed by atoms with E-state index in [2.05, 4.69) is 4.98 Å². The van der Waals surface area contributed by atoms with Gasteiger partial charge in [-0.05, 0) is 29.7 Å². The third-order valence-electron chi connectivity index (χ3n) is 2.93. The van der Waals surface area contributed by atoms with E-state index in [1.165, 1.54) is 6.07 Å². The molecule has 18 heavy (non-hydrogen) atoms. The van der Waals surface area contributed by atoms with Crippen molar-refractivity contribution < 1.29 is 8.81 Å². The van der Waals surface area contributed by atoms with E-state index < -0.39 is 0 Å². The normalized spacial score (nSPS) is 11.5. The van der Waals surface area contributed by atoms with Crippen molar-refractivity contribution in [3.05, 3.63) is 41.7 Å². The molecule has 0 saturated carbocycles. The average molecular weight is 247 g/mol. The van der Waals surface area contributed by atoms with Gasteiger partial charge < -0.3 is 4.42 Å². The lowest BCUT2D eigenvalue weighted by molar-refractivity contribution is 0.471. The van der Waals surface area contributed by atoms with Crippen LogP contribution in [0.1, 0.15) is 51.0 Å². The zero-order valence-corrected chi connectivity index (χ0v) is 11.2. The topological polar surface area (TPSA) is 26.0 Å². The summed E-state index contributed by atoms with van der Waals surface area (Å²) in [6.07, 6.45) is 1.65. The maximum absolute atomic E-state index is 13.3. The number of hydrogen-bond donors (Lipinski definition) is 0. The first kappa shape index (κ1) is 12.8. The summed E-state index contributed by atoms with van der Waals surface area (Å²) < 4.78 is 18.8. The van der Waals surface area contributed by atoms with E-state index in [1.54, 1.807) is 18.4 Å². The number of halogens is 1. The molecule has 0 radical (unpaired) electrons. The number of aromatic nitrogens is 1. The molecule has 0 unspecified atom stereocenters. The number of benzene rings is 1. The molecule has 0 N–H and O–H groups in total. The lowest BCUT2D eigenvalue weighted by Gasteiger charge is -2.10. The van der Waals surface area contributed by atoms with Crippen LogP contribution < -0.4 is 0 Å². The lowest BCUT2D eigenvalue weighted by Crippen LogP contribution is -1.94. The Morgan fingerprint density at radius 1 is 1.11 bits per heavy atom. The second-order valence-electron chi connectivity index (χ2n) is 5.11. The molecule has 0 spiro atoms. The molecule has 0 fully saturated rings. The zero-order chi connectivity index (χ0) is 13.3. The molecule has 2 aromatic rings. The molecule has 0 atom stereocenters. The summed E-state index contributed by atoms with van der Waals surface area (Å²) in [4.78, 5) is 4.46. The van der Waals surface area contributed by atoms with E-state index in [0.717, 1.165) is 16.8 Å². The third kappa shape index (κ3) is 2.45. The Labute approximate surface area is 107 Å². The molecule has 0 aliphatic heterocycles. The summed E-state index contributed by atoms with van der Waals surface area (Å²) in [5.74, 6) is 0.996. The van der Waals surface area contributed by atoms with Gasteiger partial charge in [0.15, 0.2) is 5.89 Å². The summed E-state index contributed by atoms with van der Waals surface area (Å²) in [6.45, 7) is 8.15. The summed E-state index contributed by atoms with van der Waals surface area (Å²) in [6, 6.07) is 4.81. The molecule has 0 saturated heterocycles. The Morgan fingerprint density at radius 3 is 2.39 bits per heavy atom. The fourth-order valence-electron chi connectivity index (χ4n) is 1.92. The number of hydrogen-bond acceptors (Lipinski definition) is 2. The Balaban J connectivity index is 2.49. The highest BCUT2D eigenvalue weighted by Crippen LogP contribution is 2.30. The van der Waals surface area contributed by atoms with Crippen molar-refractivity contribution in [2.45, 2.75) is 39.5 Å². The smallest absolute Gasteiger partial charge is 0.197 e. The molecule has 0 bridgehead atoms. The Kier molecular flexibility index (Phi) is 3.50. The van der Waals surface area contributed by atoms with Crippen molar-refractivity contribution in [1.82, 2.24) is 4.98 Å². The average Bonchev–Trinajstić information content (AvgIpc) is 2.78. The van der Waals surface area contributed by atoms with Crippen LogP contribution in [0.25, 0.3) is 11.3 Å². The van der Waals surface area contributed by atoms with Crippen LogP contribution >= 0.6 is 0 Å². The lowest BCUT2D eigenvalue weighted by atomic mass is 9.95. The van der Waals surface area contributed by atoms with Crippen molar-refractivity contribution in [3.8, 4) is 11.3 Å². The van der Waals surface area contributed by atoms with Crippen LogP contribution in [-0.2, 0) is 0 Å². The molecule has 1 aromatic heterocycles. The number of rotatable bonds is 3. The first-order chi connectivity index (χ1) is 8.49. The zero-order valence-electron chi connectivity index (χ0n) is 11.2. The van der Waals surface area contributed by atoms with Gasteiger partial charge in [-0.3, -0.25) is 0 Å². The molecule has 2 nitrogen and oxygen atoms in total. The van der Waals surface area contributed by atoms with Crippen LogP contribution in [0.5, 0.6) is 0 Å². The van der Waals surface area contributed by atoms with E-state index in [9.17, 15) is 4.39 Å². The highest BCUT2D eigenvalue weighted by atomic mass is 19.1.